The summed E-state index contributed by atoms with van der Waals surface area (Å²) in [6.07, 6.45) is 4.37. The second kappa shape index (κ2) is 6.80. The van der Waals surface area contributed by atoms with E-state index in [1.54, 1.807) is 12.1 Å². The van der Waals surface area contributed by atoms with Crippen LogP contribution in [0, 0.1) is 0 Å². The molecule has 6 heteroatoms. The number of hydrogen-bond donors (Lipinski definition) is 0. The van der Waals surface area contributed by atoms with E-state index in [1.807, 2.05) is 23.1 Å². The van der Waals surface area contributed by atoms with Gasteiger partial charge in [-0.3, -0.25) is 9.59 Å². The molecule has 0 N–H and O–H groups in total. The Balaban J connectivity index is 1.65. The van der Waals surface area contributed by atoms with E-state index in [-0.39, 0.29) is 23.6 Å². The third kappa shape index (κ3) is 3.09. The number of morpholine rings is 1. The summed E-state index contributed by atoms with van der Waals surface area (Å²) in [5, 5.41) is 4.33. The molecule has 1 amide bonds. The lowest BCUT2D eigenvalue weighted by Gasteiger charge is -2.43. The van der Waals surface area contributed by atoms with Crippen LogP contribution < -0.4 is 5.56 Å². The van der Waals surface area contributed by atoms with Gasteiger partial charge in [0.25, 0.3) is 11.5 Å². The minimum Gasteiger partial charge on any atom is -0.374 e. The van der Waals surface area contributed by atoms with Crippen LogP contribution in [0.3, 0.4) is 0 Å². The van der Waals surface area contributed by atoms with Crippen LogP contribution in [0.1, 0.15) is 36.2 Å². The standard InChI is InChI=1S/C19H21N3O3/c23-18-11-10-15(20-22(18)14-6-2-1-3-7-14)19(24)21-12-13-25-17-9-5-4-8-16(17)21/h1-3,6-7,10-11,16-17H,4-5,8-9,12-13H2. The first-order valence-corrected chi connectivity index (χ1v) is 8.82. The van der Waals surface area contributed by atoms with Crippen molar-refractivity contribution in [2.24, 2.45) is 0 Å². The molecule has 25 heavy (non-hydrogen) atoms. The van der Waals surface area contributed by atoms with Gasteiger partial charge in [0.2, 0.25) is 0 Å². The molecule has 1 saturated carbocycles. The fraction of sp³-hybridized carbons (Fsp3) is 0.421. The molecule has 1 aliphatic carbocycles. The van der Waals surface area contributed by atoms with Crippen LogP contribution in [0.25, 0.3) is 5.69 Å². The molecule has 2 unspecified atom stereocenters. The Bertz CT molecular complexity index is 816. The van der Waals surface area contributed by atoms with E-state index >= 15 is 0 Å². The van der Waals surface area contributed by atoms with E-state index in [1.165, 1.54) is 16.8 Å². The molecule has 2 atom stereocenters. The van der Waals surface area contributed by atoms with Crippen molar-refractivity contribution < 1.29 is 9.53 Å². The van der Waals surface area contributed by atoms with Crippen LogP contribution in [-0.2, 0) is 4.74 Å². The maximum atomic E-state index is 13.0. The van der Waals surface area contributed by atoms with Crippen LogP contribution in [0.4, 0.5) is 0 Å². The van der Waals surface area contributed by atoms with E-state index in [2.05, 4.69) is 5.10 Å². The first-order valence-electron chi connectivity index (χ1n) is 8.82. The summed E-state index contributed by atoms with van der Waals surface area (Å²) in [5.41, 5.74) is 0.703. The van der Waals surface area contributed by atoms with E-state index in [9.17, 15) is 9.59 Å². The lowest BCUT2D eigenvalue weighted by Crippen LogP contribution is -2.55. The lowest BCUT2D eigenvalue weighted by molar-refractivity contribution is -0.0754. The number of nitrogens with zero attached hydrogens (tertiary/aromatic N) is 3. The number of aromatic nitrogens is 2. The van der Waals surface area contributed by atoms with Crippen LogP contribution in [0.2, 0.25) is 0 Å². The minimum absolute atomic E-state index is 0.119. The average molecular weight is 339 g/mol. The molecule has 0 radical (unpaired) electrons. The van der Waals surface area contributed by atoms with Crippen LogP contribution in [0.15, 0.2) is 47.3 Å². The maximum absolute atomic E-state index is 13.0. The van der Waals surface area contributed by atoms with Gasteiger partial charge in [0, 0.05) is 12.6 Å². The monoisotopic (exact) mass is 339 g/mol. The molecular formula is C19H21N3O3. The van der Waals surface area contributed by atoms with E-state index < -0.39 is 0 Å². The van der Waals surface area contributed by atoms with Gasteiger partial charge in [0.15, 0.2) is 0 Å². The first-order chi connectivity index (χ1) is 12.2. The number of carbonyl (C=O) groups excluding carboxylic acids is 1. The van der Waals surface area contributed by atoms with Gasteiger partial charge in [-0.25, -0.2) is 0 Å². The number of ether oxygens (including phenoxy) is 1. The van der Waals surface area contributed by atoms with Gasteiger partial charge >= 0.3 is 0 Å². The van der Waals surface area contributed by atoms with Crippen LogP contribution in [0.5, 0.6) is 0 Å². The topological polar surface area (TPSA) is 64.4 Å². The van der Waals surface area contributed by atoms with Gasteiger partial charge in [-0.2, -0.15) is 9.78 Å². The van der Waals surface area contributed by atoms with Crippen molar-refractivity contribution in [1.82, 2.24) is 14.7 Å². The van der Waals surface area contributed by atoms with Gasteiger partial charge in [-0.15, -0.1) is 0 Å². The van der Waals surface area contributed by atoms with Crippen molar-refractivity contribution in [3.63, 3.8) is 0 Å². The Morgan fingerprint density at radius 1 is 1.08 bits per heavy atom. The molecule has 2 fully saturated rings. The van der Waals surface area contributed by atoms with Gasteiger partial charge in [-0.05, 0) is 31.0 Å². The van der Waals surface area contributed by atoms with E-state index in [0.29, 0.717) is 24.5 Å². The number of fused-ring (bicyclic) bond motifs is 1. The third-order valence-electron chi connectivity index (χ3n) is 5.01. The van der Waals surface area contributed by atoms with E-state index in [4.69, 9.17) is 4.74 Å². The van der Waals surface area contributed by atoms with E-state index in [0.717, 1.165) is 25.7 Å². The fourth-order valence-electron chi connectivity index (χ4n) is 3.78. The summed E-state index contributed by atoms with van der Waals surface area (Å²) in [6.45, 7) is 1.14. The first kappa shape index (κ1) is 16.0. The number of rotatable bonds is 2. The van der Waals surface area contributed by atoms with Crippen LogP contribution >= 0.6 is 0 Å². The van der Waals surface area contributed by atoms with Crippen molar-refractivity contribution in [3.8, 4) is 5.69 Å². The summed E-state index contributed by atoms with van der Waals surface area (Å²) in [5.74, 6) is -0.120. The summed E-state index contributed by atoms with van der Waals surface area (Å²) < 4.78 is 7.12. The van der Waals surface area contributed by atoms with Gasteiger partial charge < -0.3 is 9.64 Å². The molecule has 4 rings (SSSR count). The predicted molar refractivity (Wildman–Crippen MR) is 92.9 cm³/mol. The Morgan fingerprint density at radius 3 is 2.72 bits per heavy atom. The molecular weight excluding hydrogens is 318 g/mol. The highest BCUT2D eigenvalue weighted by molar-refractivity contribution is 5.92. The minimum atomic E-state index is -0.250. The normalized spacial score (nSPS) is 23.1. The third-order valence-corrected chi connectivity index (χ3v) is 5.01. The maximum Gasteiger partial charge on any atom is 0.274 e. The molecule has 1 aliphatic heterocycles. The average Bonchev–Trinajstić information content (AvgIpc) is 2.68. The molecule has 0 bridgehead atoms. The Hall–Kier alpha value is -2.47. The summed E-state index contributed by atoms with van der Waals surface area (Å²) >= 11 is 0. The second-order valence-electron chi connectivity index (χ2n) is 6.56. The second-order valence-corrected chi connectivity index (χ2v) is 6.56. The summed E-state index contributed by atoms with van der Waals surface area (Å²) in [6, 6.07) is 12.2. The summed E-state index contributed by atoms with van der Waals surface area (Å²) in [4.78, 5) is 27.1. The van der Waals surface area contributed by atoms with Gasteiger partial charge in [0.05, 0.1) is 24.4 Å². The van der Waals surface area contributed by atoms with Crippen molar-refractivity contribution >= 4 is 5.91 Å². The molecule has 2 aromatic rings. The Kier molecular flexibility index (Phi) is 4.36. The lowest BCUT2D eigenvalue weighted by atomic mass is 9.90. The van der Waals surface area contributed by atoms with Crippen LogP contribution in [-0.4, -0.2) is 45.9 Å². The van der Waals surface area contributed by atoms with Gasteiger partial charge in [-0.1, -0.05) is 31.0 Å². The Morgan fingerprint density at radius 2 is 1.88 bits per heavy atom. The van der Waals surface area contributed by atoms with Crippen molar-refractivity contribution in [3.05, 3.63) is 58.5 Å². The molecule has 2 aliphatic rings. The highest BCUT2D eigenvalue weighted by atomic mass is 16.5. The zero-order chi connectivity index (χ0) is 17.2. The molecule has 1 aromatic carbocycles. The zero-order valence-corrected chi connectivity index (χ0v) is 14.0. The van der Waals surface area contributed by atoms with Crippen molar-refractivity contribution in [1.29, 1.82) is 0 Å². The number of hydrogen-bond acceptors (Lipinski definition) is 4. The number of amides is 1. The van der Waals surface area contributed by atoms with Crippen molar-refractivity contribution in [2.75, 3.05) is 13.2 Å². The fourth-order valence-corrected chi connectivity index (χ4v) is 3.78. The Labute approximate surface area is 146 Å². The smallest absolute Gasteiger partial charge is 0.274 e. The van der Waals surface area contributed by atoms with Crippen molar-refractivity contribution in [2.45, 2.75) is 37.8 Å². The molecule has 1 saturated heterocycles. The molecule has 1 aromatic heterocycles. The largest absolute Gasteiger partial charge is 0.374 e. The SMILES string of the molecule is O=C(c1ccc(=O)n(-c2ccccc2)n1)N1CCOC2CCCCC21. The zero-order valence-electron chi connectivity index (χ0n) is 14.0. The highest BCUT2D eigenvalue weighted by Crippen LogP contribution is 2.29. The van der Waals surface area contributed by atoms with Gasteiger partial charge in [0.1, 0.15) is 5.69 Å². The quantitative estimate of drug-likeness (QED) is 0.840. The molecule has 0 spiro atoms. The number of benzene rings is 1. The number of para-hydroxylation sites is 1. The predicted octanol–water partition coefficient (Wildman–Crippen LogP) is 2.02. The number of carbonyl (C=O) groups is 1. The molecule has 130 valence electrons. The summed E-state index contributed by atoms with van der Waals surface area (Å²) in [7, 11) is 0. The molecule has 2 heterocycles. The molecule has 6 nitrogen and oxygen atoms in total. The highest BCUT2D eigenvalue weighted by Gasteiger charge is 2.37.